The van der Waals surface area contributed by atoms with Crippen LogP contribution in [0.3, 0.4) is 0 Å². The molecule has 0 aromatic carbocycles. The molecule has 0 saturated carbocycles. The summed E-state index contributed by atoms with van der Waals surface area (Å²) in [4.78, 5) is 1.56. The first-order valence-corrected chi connectivity index (χ1v) is 7.91. The molecule has 25 heavy (non-hydrogen) atoms. The Kier molecular flexibility index (Phi) is 5.95. The van der Waals surface area contributed by atoms with Gasteiger partial charge in [0.05, 0.1) is 5.69 Å². The van der Waals surface area contributed by atoms with Crippen LogP contribution in [0.15, 0.2) is 18.3 Å². The summed E-state index contributed by atoms with van der Waals surface area (Å²) in [5.41, 5.74) is -1.65. The van der Waals surface area contributed by atoms with Gasteiger partial charge in [0.25, 0.3) is 4.75 Å². The zero-order valence-electron chi connectivity index (χ0n) is 11.2. The minimum atomic E-state index is -6.24. The maximum absolute atomic E-state index is 13.1. The lowest BCUT2D eigenvalue weighted by Crippen LogP contribution is -2.51. The van der Waals surface area contributed by atoms with Gasteiger partial charge in [-0.2, -0.15) is 52.7 Å². The molecule has 0 radical (unpaired) electrons. The van der Waals surface area contributed by atoms with Crippen LogP contribution in [0.2, 0.25) is 0 Å². The largest absolute Gasteiger partial charge is 0.418 e. The zero-order valence-corrected chi connectivity index (χ0v) is 12.8. The van der Waals surface area contributed by atoms with E-state index in [0.29, 0.717) is 12.3 Å². The molecular formula is C10H5F12NS2. The highest BCUT2D eigenvalue weighted by atomic mass is 33.1. The molecule has 0 bridgehead atoms. The van der Waals surface area contributed by atoms with E-state index in [1.165, 1.54) is 0 Å². The van der Waals surface area contributed by atoms with Crippen LogP contribution in [0.4, 0.5) is 52.7 Å². The lowest BCUT2D eigenvalue weighted by molar-refractivity contribution is -0.269. The van der Waals surface area contributed by atoms with Crippen molar-refractivity contribution in [3.8, 4) is 0 Å². The van der Waals surface area contributed by atoms with Crippen molar-refractivity contribution in [2.24, 2.45) is 0 Å². The second-order valence-corrected chi connectivity index (χ2v) is 6.92. The number of aromatic nitrogens is 1. The standard InChI is InChI=1S/C10H5F12NS2/c11-7(12,13)5(8(14,15)16)24-25-6(9(17,18)19,10(20,21)22)4-2-1-3-23-4/h1-3,5,23H. The molecule has 0 aliphatic carbocycles. The van der Waals surface area contributed by atoms with Gasteiger partial charge < -0.3 is 4.98 Å². The highest BCUT2D eigenvalue weighted by molar-refractivity contribution is 8.77. The molecule has 146 valence electrons. The van der Waals surface area contributed by atoms with Crippen molar-refractivity contribution >= 4 is 21.6 Å². The first-order valence-electron chi connectivity index (χ1n) is 5.70. The van der Waals surface area contributed by atoms with E-state index in [2.05, 4.69) is 0 Å². The number of halogens is 12. The summed E-state index contributed by atoms with van der Waals surface area (Å²) in [5.74, 6) is 0. The Balaban J connectivity index is 3.41. The molecule has 0 fully saturated rings. The molecule has 0 unspecified atom stereocenters. The predicted molar refractivity (Wildman–Crippen MR) is 65.7 cm³/mol. The summed E-state index contributed by atoms with van der Waals surface area (Å²) in [5, 5.41) is -4.44. The second kappa shape index (κ2) is 6.70. The van der Waals surface area contributed by atoms with Crippen molar-refractivity contribution < 1.29 is 52.7 Å². The molecule has 1 rings (SSSR count). The van der Waals surface area contributed by atoms with E-state index in [0.717, 1.165) is 0 Å². The smallest absolute Gasteiger partial charge is 0.363 e. The van der Waals surface area contributed by atoms with Gasteiger partial charge in [-0.3, -0.25) is 0 Å². The number of nitrogens with one attached hydrogen (secondary N) is 1. The molecule has 1 heterocycles. The molecule has 0 spiro atoms. The maximum Gasteiger partial charge on any atom is 0.418 e. The minimum Gasteiger partial charge on any atom is -0.363 e. The van der Waals surface area contributed by atoms with Gasteiger partial charge in [0.2, 0.25) is 5.25 Å². The molecule has 0 aliphatic rings. The second-order valence-electron chi connectivity index (χ2n) is 4.40. The Morgan fingerprint density at radius 2 is 1.20 bits per heavy atom. The summed E-state index contributed by atoms with van der Waals surface area (Å²) >= 11 is 0. The topological polar surface area (TPSA) is 15.8 Å². The van der Waals surface area contributed by atoms with Crippen LogP contribution in [0.1, 0.15) is 5.69 Å². The maximum atomic E-state index is 13.1. The van der Waals surface area contributed by atoms with Gasteiger partial charge in [-0.15, -0.1) is 0 Å². The molecular weight excluding hydrogens is 426 g/mol. The number of aromatic amines is 1. The van der Waals surface area contributed by atoms with Crippen LogP contribution < -0.4 is 0 Å². The summed E-state index contributed by atoms with van der Waals surface area (Å²) in [6.45, 7) is 0. The molecule has 1 aromatic heterocycles. The number of rotatable bonds is 4. The number of alkyl halides is 12. The monoisotopic (exact) mass is 431 g/mol. The zero-order chi connectivity index (χ0) is 19.9. The van der Waals surface area contributed by atoms with Crippen molar-refractivity contribution in [3.63, 3.8) is 0 Å². The Labute approximate surface area is 138 Å². The summed E-state index contributed by atoms with van der Waals surface area (Å²) in [6.07, 6.45) is -24.1. The van der Waals surface area contributed by atoms with Crippen LogP contribution in [0, 0.1) is 0 Å². The predicted octanol–water partition coefficient (Wildman–Crippen LogP) is 6.21. The Bertz CT molecular complexity index is 524. The van der Waals surface area contributed by atoms with Crippen LogP contribution >= 0.6 is 21.6 Å². The van der Waals surface area contributed by atoms with Crippen molar-refractivity contribution in [1.82, 2.24) is 4.98 Å². The lowest BCUT2D eigenvalue weighted by atomic mass is 10.0. The number of H-pyrrole nitrogens is 1. The van der Waals surface area contributed by atoms with E-state index in [1.807, 2.05) is 0 Å². The van der Waals surface area contributed by atoms with Gasteiger partial charge in [-0.05, 0) is 12.1 Å². The van der Waals surface area contributed by atoms with Crippen LogP contribution in [-0.2, 0) is 4.75 Å². The van der Waals surface area contributed by atoms with Gasteiger partial charge >= 0.3 is 24.7 Å². The van der Waals surface area contributed by atoms with Crippen LogP contribution in [0.5, 0.6) is 0 Å². The minimum absolute atomic E-state index is 0.269. The Hall–Kier alpha value is -0.860. The third-order valence-electron chi connectivity index (χ3n) is 2.64. The number of hydrogen-bond acceptors (Lipinski definition) is 2. The fraction of sp³-hybridized carbons (Fsp3) is 0.600. The van der Waals surface area contributed by atoms with E-state index in [-0.39, 0.29) is 6.07 Å². The summed E-state index contributed by atoms with van der Waals surface area (Å²) in [6, 6.07) is 0.961. The van der Waals surface area contributed by atoms with Crippen molar-refractivity contribution in [3.05, 3.63) is 24.0 Å². The van der Waals surface area contributed by atoms with E-state index in [4.69, 9.17) is 0 Å². The van der Waals surface area contributed by atoms with E-state index >= 15 is 0 Å². The molecule has 0 aliphatic heterocycles. The summed E-state index contributed by atoms with van der Waals surface area (Å²) < 4.78 is 148. The van der Waals surface area contributed by atoms with Crippen molar-refractivity contribution in [2.75, 3.05) is 0 Å². The molecule has 15 heteroatoms. The molecule has 1 aromatic rings. The first-order chi connectivity index (χ1) is 10.9. The molecule has 0 atom stereocenters. The van der Waals surface area contributed by atoms with Gasteiger partial charge in [-0.25, -0.2) is 0 Å². The lowest BCUT2D eigenvalue weighted by Gasteiger charge is -2.36. The van der Waals surface area contributed by atoms with E-state index < -0.39 is 62.0 Å². The first kappa shape index (κ1) is 22.2. The fourth-order valence-corrected chi connectivity index (χ4v) is 4.65. The quantitative estimate of drug-likeness (QED) is 0.451. The van der Waals surface area contributed by atoms with Gasteiger partial charge in [0.1, 0.15) is 0 Å². The molecule has 1 nitrogen and oxygen atoms in total. The van der Waals surface area contributed by atoms with Gasteiger partial charge in [0.15, 0.2) is 0 Å². The molecule has 1 N–H and O–H groups in total. The fourth-order valence-electron chi connectivity index (χ4n) is 1.57. The molecule has 0 saturated heterocycles. The average molecular weight is 431 g/mol. The van der Waals surface area contributed by atoms with Crippen LogP contribution in [-0.4, -0.2) is 34.9 Å². The Morgan fingerprint density at radius 3 is 1.48 bits per heavy atom. The number of hydrogen-bond donors (Lipinski definition) is 1. The average Bonchev–Trinajstić information content (AvgIpc) is 2.81. The third-order valence-corrected chi connectivity index (χ3v) is 6.01. The normalized spacial score (nSPS) is 15.1. The van der Waals surface area contributed by atoms with E-state index in [9.17, 15) is 52.7 Å². The van der Waals surface area contributed by atoms with Crippen molar-refractivity contribution in [2.45, 2.75) is 34.7 Å². The van der Waals surface area contributed by atoms with Crippen molar-refractivity contribution in [1.29, 1.82) is 0 Å². The van der Waals surface area contributed by atoms with Gasteiger partial charge in [-0.1, -0.05) is 21.6 Å². The van der Waals surface area contributed by atoms with Crippen LogP contribution in [0.25, 0.3) is 0 Å². The summed E-state index contributed by atoms with van der Waals surface area (Å²) in [7, 11) is -3.20. The van der Waals surface area contributed by atoms with E-state index in [1.54, 1.807) is 4.98 Å². The third kappa shape index (κ3) is 4.46. The SMILES string of the molecule is FC(F)(F)C(SSC(c1ccc[nH]1)(C(F)(F)F)C(F)(F)F)C(F)(F)F. The Morgan fingerprint density at radius 1 is 0.760 bits per heavy atom. The molecule has 0 amide bonds. The highest BCUT2D eigenvalue weighted by Crippen LogP contribution is 2.64. The van der Waals surface area contributed by atoms with Gasteiger partial charge in [0, 0.05) is 6.20 Å². The highest BCUT2D eigenvalue weighted by Gasteiger charge is 2.74.